The first-order chi connectivity index (χ1) is 4.77. The molecular formula is C7H10INO. The van der Waals surface area contributed by atoms with Gasteiger partial charge < -0.3 is 4.90 Å². The molecule has 0 radical (unpaired) electrons. The second kappa shape index (κ2) is 2.36. The lowest BCUT2D eigenvalue weighted by atomic mass is 10.2. The zero-order valence-electron chi connectivity index (χ0n) is 5.72. The van der Waals surface area contributed by atoms with Gasteiger partial charge in [-0.3, -0.25) is 4.79 Å². The van der Waals surface area contributed by atoms with Gasteiger partial charge >= 0.3 is 0 Å². The highest BCUT2D eigenvalue weighted by atomic mass is 127. The predicted octanol–water partition coefficient (Wildman–Crippen LogP) is 1.04. The third-order valence-electron chi connectivity index (χ3n) is 2.08. The third-order valence-corrected chi connectivity index (χ3v) is 2.86. The SMILES string of the molecule is O=C(C1CC1)N1CC(I)C1. The van der Waals surface area contributed by atoms with Gasteiger partial charge in [-0.25, -0.2) is 0 Å². The average molecular weight is 251 g/mol. The lowest BCUT2D eigenvalue weighted by Crippen LogP contribution is -2.51. The van der Waals surface area contributed by atoms with E-state index in [4.69, 9.17) is 0 Å². The Balaban J connectivity index is 1.83. The van der Waals surface area contributed by atoms with Gasteiger partial charge in [-0.05, 0) is 12.8 Å². The van der Waals surface area contributed by atoms with Gasteiger partial charge in [-0.15, -0.1) is 0 Å². The molecule has 56 valence electrons. The fraction of sp³-hybridized carbons (Fsp3) is 0.857. The van der Waals surface area contributed by atoms with Crippen LogP contribution in [0.15, 0.2) is 0 Å². The molecule has 2 fully saturated rings. The van der Waals surface area contributed by atoms with Gasteiger partial charge in [0.25, 0.3) is 0 Å². The number of carbonyl (C=O) groups is 1. The van der Waals surface area contributed by atoms with E-state index in [2.05, 4.69) is 22.6 Å². The summed E-state index contributed by atoms with van der Waals surface area (Å²) >= 11 is 2.39. The van der Waals surface area contributed by atoms with Crippen molar-refractivity contribution in [3.63, 3.8) is 0 Å². The molecule has 0 N–H and O–H groups in total. The minimum absolute atomic E-state index is 0.410. The first kappa shape index (κ1) is 6.88. The Hall–Kier alpha value is 0.200. The number of hydrogen-bond donors (Lipinski definition) is 0. The van der Waals surface area contributed by atoms with E-state index >= 15 is 0 Å². The van der Waals surface area contributed by atoms with Crippen LogP contribution in [0.3, 0.4) is 0 Å². The number of alkyl halides is 1. The Kier molecular flexibility index (Phi) is 1.62. The maximum absolute atomic E-state index is 11.3. The highest BCUT2D eigenvalue weighted by Gasteiger charge is 2.38. The number of nitrogens with zero attached hydrogens (tertiary/aromatic N) is 1. The molecule has 1 aliphatic carbocycles. The van der Waals surface area contributed by atoms with Crippen molar-refractivity contribution in [3.05, 3.63) is 0 Å². The van der Waals surface area contributed by atoms with Gasteiger partial charge in [0.2, 0.25) is 5.91 Å². The summed E-state index contributed by atoms with van der Waals surface area (Å²) in [5.74, 6) is 0.830. The Morgan fingerprint density at radius 3 is 2.40 bits per heavy atom. The van der Waals surface area contributed by atoms with Gasteiger partial charge in [0, 0.05) is 22.9 Å². The summed E-state index contributed by atoms with van der Waals surface area (Å²) < 4.78 is 0.722. The monoisotopic (exact) mass is 251 g/mol. The van der Waals surface area contributed by atoms with Crippen LogP contribution in [-0.2, 0) is 4.79 Å². The number of halogens is 1. The van der Waals surface area contributed by atoms with Crippen LogP contribution in [-0.4, -0.2) is 27.8 Å². The normalized spacial score (nSPS) is 26.3. The van der Waals surface area contributed by atoms with Crippen molar-refractivity contribution >= 4 is 28.5 Å². The predicted molar refractivity (Wildman–Crippen MR) is 47.1 cm³/mol. The first-order valence-corrected chi connectivity index (χ1v) is 4.95. The van der Waals surface area contributed by atoms with Crippen molar-refractivity contribution in [2.45, 2.75) is 16.8 Å². The molecule has 1 saturated carbocycles. The smallest absolute Gasteiger partial charge is 0.225 e. The number of hydrogen-bond acceptors (Lipinski definition) is 1. The molecule has 1 aliphatic heterocycles. The first-order valence-electron chi connectivity index (χ1n) is 3.70. The Morgan fingerprint density at radius 2 is 2.00 bits per heavy atom. The molecule has 1 heterocycles. The van der Waals surface area contributed by atoms with Crippen LogP contribution >= 0.6 is 22.6 Å². The van der Waals surface area contributed by atoms with E-state index in [0.29, 0.717) is 11.8 Å². The second-order valence-electron chi connectivity index (χ2n) is 3.11. The van der Waals surface area contributed by atoms with Crippen molar-refractivity contribution in [1.29, 1.82) is 0 Å². The van der Waals surface area contributed by atoms with Crippen molar-refractivity contribution < 1.29 is 4.79 Å². The standard InChI is InChI=1S/C7H10INO/c8-6-3-9(4-6)7(10)5-1-2-5/h5-6H,1-4H2. The van der Waals surface area contributed by atoms with E-state index < -0.39 is 0 Å². The van der Waals surface area contributed by atoms with E-state index in [1.807, 2.05) is 4.90 Å². The number of rotatable bonds is 1. The van der Waals surface area contributed by atoms with Gasteiger partial charge in [-0.2, -0.15) is 0 Å². The van der Waals surface area contributed by atoms with Crippen LogP contribution in [0, 0.1) is 5.92 Å². The molecule has 1 amide bonds. The molecule has 2 rings (SSSR count). The molecule has 2 nitrogen and oxygen atoms in total. The Bertz CT molecular complexity index is 161. The Morgan fingerprint density at radius 1 is 1.40 bits per heavy atom. The molecule has 0 bridgehead atoms. The minimum atomic E-state index is 0.410. The van der Waals surface area contributed by atoms with Crippen molar-refractivity contribution in [2.75, 3.05) is 13.1 Å². The van der Waals surface area contributed by atoms with E-state index in [0.717, 1.165) is 29.9 Å². The van der Waals surface area contributed by atoms with Gasteiger partial charge in [0.05, 0.1) is 0 Å². The second-order valence-corrected chi connectivity index (χ2v) is 4.88. The summed E-state index contributed by atoms with van der Waals surface area (Å²) in [5, 5.41) is 0. The molecule has 0 atom stereocenters. The van der Waals surface area contributed by atoms with Crippen LogP contribution in [0.5, 0.6) is 0 Å². The fourth-order valence-corrected chi connectivity index (χ4v) is 2.14. The molecule has 0 aromatic carbocycles. The molecule has 2 aliphatic rings. The Labute approximate surface area is 74.1 Å². The maximum Gasteiger partial charge on any atom is 0.225 e. The summed E-state index contributed by atoms with van der Waals surface area (Å²) in [5.41, 5.74) is 0. The molecular weight excluding hydrogens is 241 g/mol. The summed E-state index contributed by atoms with van der Waals surface area (Å²) in [6.45, 7) is 1.99. The maximum atomic E-state index is 11.3. The molecule has 0 aromatic heterocycles. The lowest BCUT2D eigenvalue weighted by molar-refractivity contribution is -0.135. The van der Waals surface area contributed by atoms with Gasteiger partial charge in [0.1, 0.15) is 0 Å². The average Bonchev–Trinajstić information content (AvgIpc) is 2.60. The van der Waals surface area contributed by atoms with Crippen LogP contribution in [0.25, 0.3) is 0 Å². The van der Waals surface area contributed by atoms with E-state index in [1.54, 1.807) is 0 Å². The summed E-state index contributed by atoms with van der Waals surface area (Å²) in [4.78, 5) is 13.2. The number of likely N-dealkylation sites (tertiary alicyclic amines) is 1. The van der Waals surface area contributed by atoms with Crippen molar-refractivity contribution in [3.8, 4) is 0 Å². The summed E-state index contributed by atoms with van der Waals surface area (Å²) in [6, 6.07) is 0. The third kappa shape index (κ3) is 1.15. The highest BCUT2D eigenvalue weighted by Crippen LogP contribution is 2.33. The summed E-state index contributed by atoms with van der Waals surface area (Å²) in [6.07, 6.45) is 2.28. The van der Waals surface area contributed by atoms with Gasteiger partial charge in [0.15, 0.2) is 0 Å². The largest absolute Gasteiger partial charge is 0.340 e. The van der Waals surface area contributed by atoms with Crippen LogP contribution < -0.4 is 0 Å². The van der Waals surface area contributed by atoms with Gasteiger partial charge in [-0.1, -0.05) is 22.6 Å². The topological polar surface area (TPSA) is 20.3 Å². The summed E-state index contributed by atoms with van der Waals surface area (Å²) in [7, 11) is 0. The number of amides is 1. The molecule has 3 heteroatoms. The fourth-order valence-electron chi connectivity index (χ4n) is 1.19. The zero-order valence-corrected chi connectivity index (χ0v) is 7.87. The van der Waals surface area contributed by atoms with Crippen LogP contribution in [0.4, 0.5) is 0 Å². The molecule has 1 saturated heterocycles. The van der Waals surface area contributed by atoms with E-state index in [9.17, 15) is 4.79 Å². The van der Waals surface area contributed by atoms with E-state index in [1.165, 1.54) is 0 Å². The van der Waals surface area contributed by atoms with Crippen molar-refractivity contribution in [1.82, 2.24) is 4.90 Å². The van der Waals surface area contributed by atoms with Crippen molar-refractivity contribution in [2.24, 2.45) is 5.92 Å². The highest BCUT2D eigenvalue weighted by molar-refractivity contribution is 14.1. The van der Waals surface area contributed by atoms with Crippen LogP contribution in [0.1, 0.15) is 12.8 Å². The van der Waals surface area contributed by atoms with Crippen LogP contribution in [0.2, 0.25) is 0 Å². The minimum Gasteiger partial charge on any atom is -0.340 e. The molecule has 10 heavy (non-hydrogen) atoms. The van der Waals surface area contributed by atoms with E-state index in [-0.39, 0.29) is 0 Å². The lowest BCUT2D eigenvalue weighted by Gasteiger charge is -2.36. The molecule has 0 unspecified atom stereocenters. The quantitative estimate of drug-likeness (QED) is 0.503. The zero-order chi connectivity index (χ0) is 7.14. The number of carbonyl (C=O) groups excluding carboxylic acids is 1. The molecule has 0 aromatic rings. The molecule has 0 spiro atoms.